The molecule has 0 aliphatic carbocycles. The van der Waals surface area contributed by atoms with Gasteiger partial charge in [0.15, 0.2) is 9.84 Å². The van der Waals surface area contributed by atoms with Crippen LogP contribution in [-0.2, 0) is 9.84 Å². The van der Waals surface area contributed by atoms with Crippen LogP contribution in [0.15, 0.2) is 0 Å². The van der Waals surface area contributed by atoms with E-state index in [1.807, 2.05) is 20.8 Å². The molecule has 2 atom stereocenters. The van der Waals surface area contributed by atoms with E-state index in [0.717, 1.165) is 25.0 Å². The molecule has 1 aromatic rings. The van der Waals surface area contributed by atoms with Crippen molar-refractivity contribution in [2.75, 3.05) is 11.5 Å². The summed E-state index contributed by atoms with van der Waals surface area (Å²) in [7, 11) is -2.98. The van der Waals surface area contributed by atoms with E-state index in [2.05, 4.69) is 24.3 Å². The van der Waals surface area contributed by atoms with Gasteiger partial charge in [-0.3, -0.25) is 9.48 Å². The maximum atomic E-state index is 12.7. The molecule has 0 unspecified atom stereocenters. The number of hydrogen-bond acceptors (Lipinski definition) is 4. The van der Waals surface area contributed by atoms with Crippen molar-refractivity contribution in [2.45, 2.75) is 72.4 Å². The Kier molecular flexibility index (Phi) is 6.30. The van der Waals surface area contributed by atoms with Crippen LogP contribution in [0.4, 0.5) is 0 Å². The zero-order valence-electron chi connectivity index (χ0n) is 16.0. The van der Waals surface area contributed by atoms with Crippen LogP contribution < -0.4 is 5.32 Å². The summed E-state index contributed by atoms with van der Waals surface area (Å²) in [5.74, 6) is 0.874. The summed E-state index contributed by atoms with van der Waals surface area (Å²) in [6.45, 7) is 10.1. The third-order valence-corrected chi connectivity index (χ3v) is 6.65. The number of rotatable bonds is 7. The van der Waals surface area contributed by atoms with Crippen LogP contribution in [0, 0.1) is 19.8 Å². The molecular formula is C18H31N3O3S. The molecular weight excluding hydrogens is 338 g/mol. The first-order chi connectivity index (χ1) is 11.6. The van der Waals surface area contributed by atoms with E-state index in [4.69, 9.17) is 0 Å². The molecule has 25 heavy (non-hydrogen) atoms. The van der Waals surface area contributed by atoms with E-state index >= 15 is 0 Å². The van der Waals surface area contributed by atoms with Crippen LogP contribution in [0.1, 0.15) is 74.2 Å². The van der Waals surface area contributed by atoms with Gasteiger partial charge in [0.1, 0.15) is 0 Å². The fraction of sp³-hybridized carbons (Fsp3) is 0.778. The van der Waals surface area contributed by atoms with Gasteiger partial charge in [-0.2, -0.15) is 5.10 Å². The topological polar surface area (TPSA) is 81.1 Å². The Morgan fingerprint density at radius 3 is 2.52 bits per heavy atom. The van der Waals surface area contributed by atoms with Gasteiger partial charge in [0.2, 0.25) is 0 Å². The monoisotopic (exact) mass is 369 g/mol. The summed E-state index contributed by atoms with van der Waals surface area (Å²) in [5, 5.41) is 7.52. The first-order valence-electron chi connectivity index (χ1n) is 9.17. The third-order valence-electron chi connectivity index (χ3n) is 4.90. The normalized spacial score (nSPS) is 20.8. The number of aryl methyl sites for hydroxylation is 1. The molecule has 0 saturated carbocycles. The quantitative estimate of drug-likeness (QED) is 0.801. The fourth-order valence-electron chi connectivity index (χ4n) is 3.52. The Balaban J connectivity index is 2.05. The van der Waals surface area contributed by atoms with Gasteiger partial charge in [-0.1, -0.05) is 26.7 Å². The summed E-state index contributed by atoms with van der Waals surface area (Å²) in [6.07, 6.45) is 3.77. The minimum absolute atomic E-state index is 0.111. The number of amides is 1. The maximum absolute atomic E-state index is 12.7. The molecule has 1 saturated heterocycles. The Labute approximate surface area is 151 Å². The molecule has 2 heterocycles. The van der Waals surface area contributed by atoms with E-state index in [1.54, 1.807) is 4.68 Å². The Morgan fingerprint density at radius 2 is 1.96 bits per heavy atom. The highest BCUT2D eigenvalue weighted by Gasteiger charge is 2.32. The molecule has 0 aromatic carbocycles. The van der Waals surface area contributed by atoms with E-state index < -0.39 is 9.84 Å². The van der Waals surface area contributed by atoms with Crippen molar-refractivity contribution < 1.29 is 13.2 Å². The number of carbonyl (C=O) groups is 1. The second-order valence-electron chi connectivity index (χ2n) is 7.75. The minimum atomic E-state index is -2.98. The molecule has 142 valence electrons. The Bertz CT molecular complexity index is 722. The van der Waals surface area contributed by atoms with E-state index in [9.17, 15) is 13.2 Å². The van der Waals surface area contributed by atoms with Crippen LogP contribution in [-0.4, -0.2) is 41.7 Å². The maximum Gasteiger partial charge on any atom is 0.255 e. The number of aromatic nitrogens is 2. The van der Waals surface area contributed by atoms with Crippen LogP contribution in [0.5, 0.6) is 0 Å². The van der Waals surface area contributed by atoms with Gasteiger partial charge >= 0.3 is 0 Å². The van der Waals surface area contributed by atoms with Gasteiger partial charge in [0, 0.05) is 11.7 Å². The average Bonchev–Trinajstić information content (AvgIpc) is 2.97. The molecule has 0 spiro atoms. The smallest absolute Gasteiger partial charge is 0.255 e. The zero-order valence-corrected chi connectivity index (χ0v) is 16.8. The van der Waals surface area contributed by atoms with Gasteiger partial charge < -0.3 is 5.32 Å². The highest BCUT2D eigenvalue weighted by Crippen LogP contribution is 2.26. The number of nitrogens with zero attached hydrogens (tertiary/aromatic N) is 2. The first-order valence-corrected chi connectivity index (χ1v) is 11.0. The molecule has 1 aromatic heterocycles. The molecule has 1 fully saturated rings. The fourth-order valence-corrected chi connectivity index (χ4v) is 5.21. The van der Waals surface area contributed by atoms with Crippen molar-refractivity contribution in [1.82, 2.24) is 15.1 Å². The molecule has 1 aliphatic heterocycles. The molecule has 0 bridgehead atoms. The molecule has 2 rings (SSSR count). The second-order valence-corrected chi connectivity index (χ2v) is 9.98. The van der Waals surface area contributed by atoms with Crippen molar-refractivity contribution in [3.05, 3.63) is 17.0 Å². The van der Waals surface area contributed by atoms with Crippen molar-refractivity contribution in [2.24, 2.45) is 5.92 Å². The highest BCUT2D eigenvalue weighted by molar-refractivity contribution is 7.91. The van der Waals surface area contributed by atoms with Crippen molar-refractivity contribution >= 4 is 15.7 Å². The predicted molar refractivity (Wildman–Crippen MR) is 99.6 cm³/mol. The van der Waals surface area contributed by atoms with Crippen LogP contribution in [0.25, 0.3) is 0 Å². The third kappa shape index (κ3) is 5.06. The van der Waals surface area contributed by atoms with Crippen LogP contribution >= 0.6 is 0 Å². The summed E-state index contributed by atoms with van der Waals surface area (Å²) < 4.78 is 25.2. The SMILES string of the molecule is Cc1nn([C@H]2CCS(=O)(=O)C2)c(C)c1C(=O)N[C@H](C)CCCC(C)C. The molecule has 0 radical (unpaired) electrons. The van der Waals surface area contributed by atoms with Gasteiger partial charge in [-0.05, 0) is 39.5 Å². The average molecular weight is 370 g/mol. The van der Waals surface area contributed by atoms with E-state index in [-0.39, 0.29) is 29.5 Å². The standard InChI is InChI=1S/C18H31N3O3S/c1-12(2)7-6-8-13(3)19-18(22)17-14(4)20-21(15(17)5)16-9-10-25(23,24)11-16/h12-13,16H,6-11H2,1-5H3,(H,19,22)/t13-,16+/m1/s1. The zero-order chi connectivity index (χ0) is 18.8. The number of hydrogen-bond donors (Lipinski definition) is 1. The number of nitrogens with one attached hydrogen (secondary N) is 1. The molecule has 1 N–H and O–H groups in total. The molecule has 1 aliphatic rings. The Hall–Kier alpha value is -1.37. The van der Waals surface area contributed by atoms with Crippen molar-refractivity contribution in [3.63, 3.8) is 0 Å². The summed E-state index contributed by atoms with van der Waals surface area (Å²) in [4.78, 5) is 12.7. The van der Waals surface area contributed by atoms with Crippen molar-refractivity contribution in [1.29, 1.82) is 0 Å². The number of carbonyl (C=O) groups excluding carboxylic acids is 1. The summed E-state index contributed by atoms with van der Waals surface area (Å²) in [5.41, 5.74) is 2.00. The summed E-state index contributed by atoms with van der Waals surface area (Å²) in [6, 6.07) is -0.0472. The number of sulfone groups is 1. The van der Waals surface area contributed by atoms with Gasteiger partial charge in [-0.25, -0.2) is 8.42 Å². The minimum Gasteiger partial charge on any atom is -0.349 e. The first kappa shape index (κ1) is 19.9. The Morgan fingerprint density at radius 1 is 1.28 bits per heavy atom. The van der Waals surface area contributed by atoms with E-state index in [1.165, 1.54) is 0 Å². The second kappa shape index (κ2) is 7.89. The lowest BCUT2D eigenvalue weighted by Gasteiger charge is -2.15. The van der Waals surface area contributed by atoms with Crippen LogP contribution in [0.3, 0.4) is 0 Å². The predicted octanol–water partition coefficient (Wildman–Crippen LogP) is 2.80. The highest BCUT2D eigenvalue weighted by atomic mass is 32.2. The van der Waals surface area contributed by atoms with Crippen LogP contribution in [0.2, 0.25) is 0 Å². The summed E-state index contributed by atoms with van der Waals surface area (Å²) >= 11 is 0. The molecule has 7 heteroatoms. The lowest BCUT2D eigenvalue weighted by molar-refractivity contribution is 0.0936. The van der Waals surface area contributed by atoms with Crippen molar-refractivity contribution in [3.8, 4) is 0 Å². The molecule has 6 nitrogen and oxygen atoms in total. The largest absolute Gasteiger partial charge is 0.349 e. The lowest BCUT2D eigenvalue weighted by Crippen LogP contribution is -2.33. The van der Waals surface area contributed by atoms with Gasteiger partial charge in [-0.15, -0.1) is 0 Å². The molecule has 1 amide bonds. The van der Waals surface area contributed by atoms with E-state index in [0.29, 0.717) is 23.6 Å². The van der Waals surface area contributed by atoms with Gasteiger partial charge in [0.25, 0.3) is 5.91 Å². The lowest BCUT2D eigenvalue weighted by atomic mass is 10.0. The van der Waals surface area contributed by atoms with Gasteiger partial charge in [0.05, 0.1) is 28.8 Å².